The van der Waals surface area contributed by atoms with Crippen molar-refractivity contribution in [1.82, 2.24) is 4.90 Å². The zero-order valence-corrected chi connectivity index (χ0v) is 18.6. The molecule has 0 radical (unpaired) electrons. The molecule has 0 aromatic carbocycles. The van der Waals surface area contributed by atoms with Crippen LogP contribution in [0.1, 0.15) is 96.8 Å². The second-order valence-electron chi connectivity index (χ2n) is 8.19. The van der Waals surface area contributed by atoms with E-state index in [2.05, 4.69) is 31.6 Å². The second-order valence-corrected chi connectivity index (χ2v) is 8.19. The van der Waals surface area contributed by atoms with Gasteiger partial charge in [-0.15, -0.1) is 0 Å². The first-order chi connectivity index (χ1) is 13.6. The molecule has 0 spiro atoms. The van der Waals surface area contributed by atoms with Crippen LogP contribution in [0.2, 0.25) is 0 Å². The predicted molar refractivity (Wildman–Crippen MR) is 123 cm³/mol. The van der Waals surface area contributed by atoms with Crippen LogP contribution in [0.5, 0.6) is 0 Å². The molecule has 4 heteroatoms. The van der Waals surface area contributed by atoms with Crippen molar-refractivity contribution in [3.8, 4) is 0 Å². The Hall–Kier alpha value is -0.995. The van der Waals surface area contributed by atoms with E-state index in [0.29, 0.717) is 7.69 Å². The lowest BCUT2D eigenvalue weighted by molar-refractivity contribution is 0.213. The van der Waals surface area contributed by atoms with Crippen molar-refractivity contribution in [1.29, 1.82) is 0 Å². The van der Waals surface area contributed by atoms with E-state index >= 15 is 0 Å². The number of likely N-dealkylation sites (tertiary alicyclic amines) is 1. The summed E-state index contributed by atoms with van der Waals surface area (Å²) < 4.78 is 11.0. The lowest BCUT2D eigenvalue weighted by atomic mass is 10.0. The molecule has 1 fully saturated rings. The zero-order chi connectivity index (χ0) is 20.5. The summed E-state index contributed by atoms with van der Waals surface area (Å²) in [7, 11) is 0.466. The maximum Gasteiger partial charge on any atom is 0.438 e. The van der Waals surface area contributed by atoms with Gasteiger partial charge in [-0.2, -0.15) is 0 Å². The predicted octanol–water partition coefficient (Wildman–Crippen LogP) is 6.67. The maximum atomic E-state index is 5.53. The molecule has 28 heavy (non-hydrogen) atoms. The van der Waals surface area contributed by atoms with Gasteiger partial charge in [-0.05, 0) is 38.5 Å². The molecule has 3 nitrogen and oxygen atoms in total. The van der Waals surface area contributed by atoms with Gasteiger partial charge in [0, 0.05) is 31.2 Å². The van der Waals surface area contributed by atoms with E-state index in [4.69, 9.17) is 9.31 Å². The molecule has 160 valence electrons. The maximum absolute atomic E-state index is 5.53. The highest BCUT2D eigenvalue weighted by atomic mass is 16.6. The summed E-state index contributed by atoms with van der Waals surface area (Å²) in [6, 6.07) is 0. The van der Waals surface area contributed by atoms with Crippen molar-refractivity contribution in [3.63, 3.8) is 0 Å². The largest absolute Gasteiger partial charge is 0.438 e. The van der Waals surface area contributed by atoms with E-state index in [1.165, 1.54) is 74.8 Å². The highest BCUT2D eigenvalue weighted by Crippen LogP contribution is 2.29. The average molecular weight is 389 g/mol. The molecule has 0 aromatic rings. The van der Waals surface area contributed by atoms with Crippen molar-refractivity contribution >= 4 is 7.69 Å². The van der Waals surface area contributed by atoms with E-state index in [1.807, 2.05) is 0 Å². The van der Waals surface area contributed by atoms with Crippen LogP contribution in [0.15, 0.2) is 36.7 Å². The Bertz CT molecular complexity index is 434. The first-order valence-corrected chi connectivity index (χ1v) is 11.6. The minimum atomic E-state index is 0.466. The summed E-state index contributed by atoms with van der Waals surface area (Å²) in [4.78, 5) is 2.25. The van der Waals surface area contributed by atoms with Gasteiger partial charge in [-0.3, -0.25) is 0 Å². The molecule has 1 aliphatic rings. The van der Waals surface area contributed by atoms with Gasteiger partial charge >= 0.3 is 7.69 Å². The Kier molecular flexibility index (Phi) is 15.1. The molecule has 1 aliphatic heterocycles. The average Bonchev–Trinajstić information content (AvgIpc) is 2.99. The SMILES string of the molecule is C=C(CCCCCCCCCOBOCCCCCC)CN1C(=C)CCC1=C. The number of rotatable bonds is 19. The smallest absolute Gasteiger partial charge is 0.414 e. The highest BCUT2D eigenvalue weighted by molar-refractivity contribution is 6.17. The molecule has 0 saturated carbocycles. The molecular formula is C24H44BNO2. The molecule has 0 aliphatic carbocycles. The van der Waals surface area contributed by atoms with E-state index < -0.39 is 0 Å². The Morgan fingerprint density at radius 3 is 1.89 bits per heavy atom. The highest BCUT2D eigenvalue weighted by Gasteiger charge is 2.19. The fourth-order valence-corrected chi connectivity index (χ4v) is 3.58. The standard InChI is InChI=1S/C24H44BNO2/c1-5-6-7-14-19-27-25-28-20-15-12-10-8-9-11-13-16-22(2)21-26-23(3)17-18-24(26)4/h25H,2-21H2,1H3. The van der Waals surface area contributed by atoms with Crippen LogP contribution < -0.4 is 0 Å². The molecule has 0 aromatic heterocycles. The minimum absolute atomic E-state index is 0.466. The van der Waals surface area contributed by atoms with Crippen LogP contribution in [0.25, 0.3) is 0 Å². The quantitative estimate of drug-likeness (QED) is 0.140. The minimum Gasteiger partial charge on any atom is -0.414 e. The third-order valence-electron chi connectivity index (χ3n) is 5.48. The molecule has 1 rings (SSSR count). The van der Waals surface area contributed by atoms with E-state index in [0.717, 1.165) is 51.9 Å². The van der Waals surface area contributed by atoms with E-state index in [1.54, 1.807) is 0 Å². The summed E-state index contributed by atoms with van der Waals surface area (Å²) in [6.45, 7) is 17.3. The number of allylic oxidation sites excluding steroid dienone is 2. The third-order valence-corrected chi connectivity index (χ3v) is 5.48. The van der Waals surface area contributed by atoms with Gasteiger partial charge in [-0.1, -0.05) is 83.6 Å². The fraction of sp³-hybridized carbons (Fsp3) is 0.750. The molecular weight excluding hydrogens is 345 g/mol. The monoisotopic (exact) mass is 389 g/mol. The molecule has 0 bridgehead atoms. The summed E-state index contributed by atoms with van der Waals surface area (Å²) in [5.41, 5.74) is 3.72. The molecule has 0 N–H and O–H groups in total. The van der Waals surface area contributed by atoms with Crippen molar-refractivity contribution in [2.75, 3.05) is 19.8 Å². The van der Waals surface area contributed by atoms with Crippen LogP contribution in [0, 0.1) is 0 Å². The first-order valence-electron chi connectivity index (χ1n) is 11.6. The van der Waals surface area contributed by atoms with E-state index in [-0.39, 0.29) is 0 Å². The summed E-state index contributed by atoms with van der Waals surface area (Å²) in [5, 5.41) is 0. The Balaban J connectivity index is 1.79. The van der Waals surface area contributed by atoms with Crippen molar-refractivity contribution in [2.24, 2.45) is 0 Å². The number of hydrogen-bond donors (Lipinski definition) is 0. The van der Waals surface area contributed by atoms with Crippen LogP contribution in [-0.2, 0) is 9.31 Å². The van der Waals surface area contributed by atoms with Gasteiger partial charge in [0.2, 0.25) is 0 Å². The molecule has 1 saturated heterocycles. The number of nitrogens with zero attached hydrogens (tertiary/aromatic N) is 1. The second kappa shape index (κ2) is 16.9. The van der Waals surface area contributed by atoms with Gasteiger partial charge in [-0.25, -0.2) is 0 Å². The van der Waals surface area contributed by atoms with Crippen LogP contribution in [0.4, 0.5) is 0 Å². The Morgan fingerprint density at radius 2 is 1.32 bits per heavy atom. The van der Waals surface area contributed by atoms with Crippen molar-refractivity contribution in [2.45, 2.75) is 96.8 Å². The molecule has 1 heterocycles. The lowest BCUT2D eigenvalue weighted by Crippen LogP contribution is -2.17. The zero-order valence-electron chi connectivity index (χ0n) is 18.6. The van der Waals surface area contributed by atoms with Crippen LogP contribution in [-0.4, -0.2) is 32.3 Å². The summed E-state index contributed by atoms with van der Waals surface area (Å²) >= 11 is 0. The topological polar surface area (TPSA) is 21.7 Å². The summed E-state index contributed by atoms with van der Waals surface area (Å²) in [5.74, 6) is 0. The lowest BCUT2D eigenvalue weighted by Gasteiger charge is -2.22. The normalized spacial score (nSPS) is 14.1. The van der Waals surface area contributed by atoms with Gasteiger partial charge in [0.25, 0.3) is 0 Å². The third kappa shape index (κ3) is 12.5. The van der Waals surface area contributed by atoms with Crippen LogP contribution >= 0.6 is 0 Å². The molecule has 0 amide bonds. The first kappa shape index (κ1) is 25.0. The van der Waals surface area contributed by atoms with E-state index in [9.17, 15) is 0 Å². The molecule has 0 unspecified atom stereocenters. The van der Waals surface area contributed by atoms with Crippen molar-refractivity contribution in [3.05, 3.63) is 36.7 Å². The fourth-order valence-electron chi connectivity index (χ4n) is 3.58. The summed E-state index contributed by atoms with van der Waals surface area (Å²) in [6.07, 6.45) is 17.2. The molecule has 0 atom stereocenters. The van der Waals surface area contributed by atoms with Gasteiger partial charge in [0.1, 0.15) is 0 Å². The van der Waals surface area contributed by atoms with Gasteiger partial charge in [0.15, 0.2) is 0 Å². The van der Waals surface area contributed by atoms with Gasteiger partial charge in [0.05, 0.1) is 0 Å². The Labute approximate surface area is 175 Å². The number of hydrogen-bond acceptors (Lipinski definition) is 3. The van der Waals surface area contributed by atoms with Crippen molar-refractivity contribution < 1.29 is 9.31 Å². The van der Waals surface area contributed by atoms with Crippen LogP contribution in [0.3, 0.4) is 0 Å². The van der Waals surface area contributed by atoms with Gasteiger partial charge < -0.3 is 14.2 Å². The number of unbranched alkanes of at least 4 members (excludes halogenated alkanes) is 9. The Morgan fingerprint density at radius 1 is 0.821 bits per heavy atom.